The molecule has 0 saturated carbocycles. The highest BCUT2D eigenvalue weighted by Gasteiger charge is 2.18. The Morgan fingerprint density at radius 3 is 2.86 bits per heavy atom. The molecule has 110 valence electrons. The summed E-state index contributed by atoms with van der Waals surface area (Å²) in [6.07, 6.45) is 8.45. The molecular weight excluding hydrogens is 266 g/mol. The summed E-state index contributed by atoms with van der Waals surface area (Å²) in [6, 6.07) is 3.72. The van der Waals surface area contributed by atoms with E-state index in [4.69, 9.17) is 5.73 Å². The predicted octanol–water partition coefficient (Wildman–Crippen LogP) is 1.54. The van der Waals surface area contributed by atoms with Crippen molar-refractivity contribution in [2.75, 3.05) is 18.8 Å². The fraction of sp³-hybridized carbons (Fsp3) is 0.400. The number of anilines is 1. The standard InChI is InChI=1S/C15H19N5O/c16-15-12(5-4-6-18-15)13-9-17-11-20(13)10-14(21)19-7-2-1-3-8-19/h4-6,9,11H,1-3,7-8,10H2,(H2,16,18). The van der Waals surface area contributed by atoms with Crippen molar-refractivity contribution < 1.29 is 4.79 Å². The lowest BCUT2D eigenvalue weighted by atomic mass is 10.1. The van der Waals surface area contributed by atoms with E-state index in [0.29, 0.717) is 12.4 Å². The number of rotatable bonds is 3. The number of imidazole rings is 1. The summed E-state index contributed by atoms with van der Waals surface area (Å²) in [5.74, 6) is 0.584. The predicted molar refractivity (Wildman–Crippen MR) is 80.3 cm³/mol. The fourth-order valence-corrected chi connectivity index (χ4v) is 2.69. The number of hydrogen-bond acceptors (Lipinski definition) is 4. The number of likely N-dealkylation sites (tertiary alicyclic amines) is 1. The molecule has 1 aliphatic heterocycles. The van der Waals surface area contributed by atoms with Crippen molar-refractivity contribution in [3.05, 3.63) is 30.9 Å². The molecule has 0 spiro atoms. The van der Waals surface area contributed by atoms with E-state index in [0.717, 1.165) is 37.2 Å². The number of carbonyl (C=O) groups excluding carboxylic acids is 1. The number of nitrogens with zero attached hydrogens (tertiary/aromatic N) is 4. The van der Waals surface area contributed by atoms with Gasteiger partial charge in [0.15, 0.2) is 0 Å². The summed E-state index contributed by atoms with van der Waals surface area (Å²) in [7, 11) is 0. The van der Waals surface area contributed by atoms with Crippen LogP contribution in [0.3, 0.4) is 0 Å². The molecule has 0 atom stereocenters. The molecule has 0 bridgehead atoms. The van der Waals surface area contributed by atoms with Crippen LogP contribution in [0.4, 0.5) is 5.82 Å². The van der Waals surface area contributed by atoms with Gasteiger partial charge in [0.25, 0.3) is 0 Å². The molecule has 1 saturated heterocycles. The van der Waals surface area contributed by atoms with Gasteiger partial charge in [-0.2, -0.15) is 0 Å². The van der Waals surface area contributed by atoms with Gasteiger partial charge in [0.2, 0.25) is 5.91 Å². The molecule has 1 aliphatic rings. The van der Waals surface area contributed by atoms with Gasteiger partial charge >= 0.3 is 0 Å². The fourth-order valence-electron chi connectivity index (χ4n) is 2.69. The normalized spacial score (nSPS) is 15.1. The van der Waals surface area contributed by atoms with E-state index in [-0.39, 0.29) is 5.91 Å². The molecule has 21 heavy (non-hydrogen) atoms. The Bertz CT molecular complexity index is 630. The number of carbonyl (C=O) groups is 1. The van der Waals surface area contributed by atoms with E-state index < -0.39 is 0 Å². The van der Waals surface area contributed by atoms with Gasteiger partial charge in [-0.05, 0) is 31.4 Å². The van der Waals surface area contributed by atoms with Crippen molar-refractivity contribution in [1.29, 1.82) is 0 Å². The van der Waals surface area contributed by atoms with E-state index in [1.165, 1.54) is 6.42 Å². The average molecular weight is 285 g/mol. The van der Waals surface area contributed by atoms with Crippen molar-refractivity contribution in [2.24, 2.45) is 0 Å². The summed E-state index contributed by atoms with van der Waals surface area (Å²) < 4.78 is 1.84. The Morgan fingerprint density at radius 1 is 1.29 bits per heavy atom. The van der Waals surface area contributed by atoms with E-state index >= 15 is 0 Å². The van der Waals surface area contributed by atoms with Crippen LogP contribution < -0.4 is 5.73 Å². The first-order valence-electron chi connectivity index (χ1n) is 7.24. The highest BCUT2D eigenvalue weighted by molar-refractivity contribution is 5.78. The second-order valence-electron chi connectivity index (χ2n) is 5.28. The monoisotopic (exact) mass is 285 g/mol. The largest absolute Gasteiger partial charge is 0.383 e. The molecular formula is C15H19N5O. The molecule has 3 heterocycles. The van der Waals surface area contributed by atoms with Crippen molar-refractivity contribution in [3.8, 4) is 11.3 Å². The summed E-state index contributed by atoms with van der Waals surface area (Å²) in [6.45, 7) is 2.01. The lowest BCUT2D eigenvalue weighted by Crippen LogP contribution is -2.37. The number of pyridine rings is 1. The van der Waals surface area contributed by atoms with E-state index in [2.05, 4.69) is 9.97 Å². The molecule has 3 rings (SSSR count). The van der Waals surface area contributed by atoms with Crippen molar-refractivity contribution in [1.82, 2.24) is 19.4 Å². The van der Waals surface area contributed by atoms with Crippen LogP contribution in [0.2, 0.25) is 0 Å². The second-order valence-corrected chi connectivity index (χ2v) is 5.28. The van der Waals surface area contributed by atoms with Crippen LogP contribution in [0.1, 0.15) is 19.3 Å². The quantitative estimate of drug-likeness (QED) is 0.928. The molecule has 2 aromatic rings. The number of hydrogen-bond donors (Lipinski definition) is 1. The van der Waals surface area contributed by atoms with Crippen LogP contribution in [0.5, 0.6) is 0 Å². The number of nitrogens with two attached hydrogens (primary N) is 1. The van der Waals surface area contributed by atoms with Crippen LogP contribution in [0.25, 0.3) is 11.3 Å². The minimum atomic E-state index is 0.136. The van der Waals surface area contributed by atoms with Crippen molar-refractivity contribution in [2.45, 2.75) is 25.8 Å². The SMILES string of the molecule is Nc1ncccc1-c1cncn1CC(=O)N1CCCCC1. The maximum Gasteiger partial charge on any atom is 0.242 e. The van der Waals surface area contributed by atoms with Gasteiger partial charge in [0.05, 0.1) is 18.2 Å². The highest BCUT2D eigenvalue weighted by Crippen LogP contribution is 2.23. The molecule has 0 unspecified atom stereocenters. The van der Waals surface area contributed by atoms with Crippen LogP contribution in [-0.2, 0) is 11.3 Å². The maximum absolute atomic E-state index is 12.4. The molecule has 6 heteroatoms. The molecule has 2 N–H and O–H groups in total. The van der Waals surface area contributed by atoms with Gasteiger partial charge in [-0.1, -0.05) is 0 Å². The van der Waals surface area contributed by atoms with Gasteiger partial charge in [-0.15, -0.1) is 0 Å². The zero-order chi connectivity index (χ0) is 14.7. The first-order valence-corrected chi connectivity index (χ1v) is 7.24. The summed E-state index contributed by atoms with van der Waals surface area (Å²) in [5.41, 5.74) is 7.54. The third-order valence-electron chi connectivity index (χ3n) is 3.84. The summed E-state index contributed by atoms with van der Waals surface area (Å²) in [5, 5.41) is 0. The van der Waals surface area contributed by atoms with E-state index in [1.807, 2.05) is 21.6 Å². The van der Waals surface area contributed by atoms with E-state index in [1.54, 1.807) is 18.7 Å². The molecule has 0 aliphatic carbocycles. The minimum Gasteiger partial charge on any atom is -0.383 e. The zero-order valence-electron chi connectivity index (χ0n) is 11.9. The Kier molecular flexibility index (Phi) is 3.85. The topological polar surface area (TPSA) is 77.0 Å². The summed E-state index contributed by atoms with van der Waals surface area (Å²) >= 11 is 0. The van der Waals surface area contributed by atoms with Crippen LogP contribution in [0.15, 0.2) is 30.9 Å². The first-order chi connectivity index (χ1) is 10.3. The van der Waals surface area contributed by atoms with Crippen molar-refractivity contribution >= 4 is 11.7 Å². The Labute approximate surface area is 123 Å². The molecule has 0 radical (unpaired) electrons. The lowest BCUT2D eigenvalue weighted by molar-refractivity contribution is -0.132. The Balaban J connectivity index is 1.80. The Hall–Kier alpha value is -2.37. The summed E-state index contributed by atoms with van der Waals surface area (Å²) in [4.78, 5) is 22.5. The highest BCUT2D eigenvalue weighted by atomic mass is 16.2. The number of nitrogen functional groups attached to an aromatic ring is 1. The lowest BCUT2D eigenvalue weighted by Gasteiger charge is -2.27. The van der Waals surface area contributed by atoms with Gasteiger partial charge in [-0.25, -0.2) is 9.97 Å². The number of amides is 1. The molecule has 0 aromatic carbocycles. The molecule has 1 amide bonds. The molecule has 1 fully saturated rings. The first kappa shape index (κ1) is 13.6. The Morgan fingerprint density at radius 2 is 2.10 bits per heavy atom. The van der Waals surface area contributed by atoms with E-state index in [9.17, 15) is 4.79 Å². The third kappa shape index (κ3) is 2.89. The second kappa shape index (κ2) is 5.95. The van der Waals surface area contributed by atoms with Crippen LogP contribution in [-0.4, -0.2) is 38.4 Å². The number of piperidine rings is 1. The van der Waals surface area contributed by atoms with Gasteiger partial charge in [-0.3, -0.25) is 4.79 Å². The van der Waals surface area contributed by atoms with Gasteiger partial charge in [0.1, 0.15) is 12.4 Å². The van der Waals surface area contributed by atoms with Crippen LogP contribution >= 0.6 is 0 Å². The third-order valence-corrected chi connectivity index (χ3v) is 3.84. The molecule has 6 nitrogen and oxygen atoms in total. The van der Waals surface area contributed by atoms with Gasteiger partial charge in [0, 0.05) is 24.8 Å². The molecule has 2 aromatic heterocycles. The maximum atomic E-state index is 12.4. The smallest absolute Gasteiger partial charge is 0.242 e. The van der Waals surface area contributed by atoms with Crippen molar-refractivity contribution in [3.63, 3.8) is 0 Å². The number of aromatic nitrogens is 3. The zero-order valence-corrected chi connectivity index (χ0v) is 11.9. The van der Waals surface area contributed by atoms with Gasteiger partial charge < -0.3 is 15.2 Å². The van der Waals surface area contributed by atoms with Crippen LogP contribution in [0, 0.1) is 0 Å². The average Bonchev–Trinajstić information content (AvgIpc) is 2.96. The minimum absolute atomic E-state index is 0.136.